The van der Waals surface area contributed by atoms with Crippen molar-refractivity contribution in [3.05, 3.63) is 59.7 Å². The normalized spacial score (nSPS) is 11.1. The van der Waals surface area contributed by atoms with E-state index >= 15 is 0 Å². The van der Waals surface area contributed by atoms with Crippen LogP contribution in [0, 0.1) is 0 Å². The lowest BCUT2D eigenvalue weighted by atomic mass is 10.2. The predicted octanol–water partition coefficient (Wildman–Crippen LogP) is 2.83. The van der Waals surface area contributed by atoms with Crippen LogP contribution in [-0.2, 0) is 0 Å². The van der Waals surface area contributed by atoms with Gasteiger partial charge in [0.05, 0.1) is 10.9 Å². The van der Waals surface area contributed by atoms with Gasteiger partial charge in [0.15, 0.2) is 0 Å². The minimum atomic E-state index is -0.0821. The summed E-state index contributed by atoms with van der Waals surface area (Å²) in [6.07, 6.45) is 6.23. The lowest BCUT2D eigenvalue weighted by molar-refractivity contribution is 0.996. The molecule has 0 spiro atoms. The molecular formula is C14H14N2O. The zero-order valence-corrected chi connectivity index (χ0v) is 9.76. The summed E-state index contributed by atoms with van der Waals surface area (Å²) in [6, 6.07) is 7.30. The van der Waals surface area contributed by atoms with Crippen molar-refractivity contribution < 1.29 is 0 Å². The molecule has 17 heavy (non-hydrogen) atoms. The Balaban J connectivity index is 2.57. The standard InChI is InChI=1S/C14H14N2O/c1-3-4-7-11(2)16-10-15-13-9-6-5-8-12(13)14(16)17/h4-10H,2-3H2,1H3/b7-4-. The van der Waals surface area contributed by atoms with Crippen LogP contribution in [0.25, 0.3) is 16.6 Å². The van der Waals surface area contributed by atoms with Crippen LogP contribution in [0.1, 0.15) is 13.3 Å². The lowest BCUT2D eigenvalue weighted by Crippen LogP contribution is -2.18. The first-order valence-corrected chi connectivity index (χ1v) is 5.56. The van der Waals surface area contributed by atoms with Gasteiger partial charge in [-0.25, -0.2) is 4.98 Å². The van der Waals surface area contributed by atoms with Gasteiger partial charge in [-0.05, 0) is 24.6 Å². The number of hydrogen-bond acceptors (Lipinski definition) is 2. The third kappa shape index (κ3) is 2.18. The van der Waals surface area contributed by atoms with E-state index in [-0.39, 0.29) is 5.56 Å². The van der Waals surface area contributed by atoms with Crippen LogP contribution in [0.5, 0.6) is 0 Å². The van der Waals surface area contributed by atoms with Gasteiger partial charge in [0.25, 0.3) is 5.56 Å². The highest BCUT2D eigenvalue weighted by Gasteiger charge is 2.03. The highest BCUT2D eigenvalue weighted by molar-refractivity contribution is 5.78. The van der Waals surface area contributed by atoms with Crippen LogP contribution >= 0.6 is 0 Å². The molecule has 0 radical (unpaired) electrons. The summed E-state index contributed by atoms with van der Waals surface area (Å²) in [5.74, 6) is 0. The van der Waals surface area contributed by atoms with E-state index in [0.717, 1.165) is 6.42 Å². The fourth-order valence-electron chi connectivity index (χ4n) is 1.61. The Morgan fingerprint density at radius 3 is 3.00 bits per heavy atom. The van der Waals surface area contributed by atoms with Crippen LogP contribution in [0.2, 0.25) is 0 Å². The Hall–Kier alpha value is -2.16. The Kier molecular flexibility index (Phi) is 3.19. The van der Waals surface area contributed by atoms with E-state index in [1.54, 1.807) is 6.07 Å². The second-order valence-electron chi connectivity index (χ2n) is 3.74. The Morgan fingerprint density at radius 1 is 1.47 bits per heavy atom. The molecule has 0 aliphatic carbocycles. The average Bonchev–Trinajstić information content (AvgIpc) is 2.37. The number of benzene rings is 1. The molecule has 0 saturated carbocycles. The molecule has 0 unspecified atom stereocenters. The smallest absolute Gasteiger partial charge is 0.265 e. The van der Waals surface area contributed by atoms with Crippen molar-refractivity contribution in [2.45, 2.75) is 13.3 Å². The number of aromatic nitrogens is 2. The molecular weight excluding hydrogens is 212 g/mol. The van der Waals surface area contributed by atoms with Gasteiger partial charge >= 0.3 is 0 Å². The second-order valence-corrected chi connectivity index (χ2v) is 3.74. The summed E-state index contributed by atoms with van der Waals surface area (Å²) in [4.78, 5) is 16.4. The van der Waals surface area contributed by atoms with E-state index in [4.69, 9.17) is 0 Å². The number of rotatable bonds is 3. The largest absolute Gasteiger partial charge is 0.268 e. The van der Waals surface area contributed by atoms with E-state index < -0.39 is 0 Å². The first kappa shape index (κ1) is 11.3. The third-order valence-electron chi connectivity index (χ3n) is 2.52. The maximum Gasteiger partial charge on any atom is 0.265 e. The molecule has 1 aromatic heterocycles. The molecule has 0 bridgehead atoms. The van der Waals surface area contributed by atoms with Crippen LogP contribution < -0.4 is 5.56 Å². The van der Waals surface area contributed by atoms with Gasteiger partial charge in [0.2, 0.25) is 0 Å². The molecule has 2 aromatic rings. The SMILES string of the molecule is C=C(/C=C\CC)n1cnc2ccccc2c1=O. The van der Waals surface area contributed by atoms with Gasteiger partial charge in [0, 0.05) is 5.70 Å². The van der Waals surface area contributed by atoms with Crippen LogP contribution in [0.15, 0.2) is 54.1 Å². The van der Waals surface area contributed by atoms with E-state index in [2.05, 4.69) is 11.6 Å². The molecule has 0 saturated heterocycles. The Bertz CT molecular complexity index is 638. The molecule has 1 heterocycles. The third-order valence-corrected chi connectivity index (χ3v) is 2.52. The van der Waals surface area contributed by atoms with Crippen LogP contribution in [-0.4, -0.2) is 9.55 Å². The molecule has 0 aliphatic heterocycles. The zero-order valence-electron chi connectivity index (χ0n) is 9.76. The highest BCUT2D eigenvalue weighted by Crippen LogP contribution is 2.07. The quantitative estimate of drug-likeness (QED) is 0.754. The topological polar surface area (TPSA) is 34.9 Å². The fraction of sp³-hybridized carbons (Fsp3) is 0.143. The summed E-state index contributed by atoms with van der Waals surface area (Å²) < 4.78 is 1.47. The van der Waals surface area contributed by atoms with Gasteiger partial charge in [-0.1, -0.05) is 31.7 Å². The maximum atomic E-state index is 12.2. The van der Waals surface area contributed by atoms with Crippen molar-refractivity contribution in [1.29, 1.82) is 0 Å². The van der Waals surface area contributed by atoms with Crippen molar-refractivity contribution in [2.75, 3.05) is 0 Å². The zero-order chi connectivity index (χ0) is 12.3. The summed E-state index contributed by atoms with van der Waals surface area (Å²) >= 11 is 0. The minimum Gasteiger partial charge on any atom is -0.268 e. The van der Waals surface area contributed by atoms with Gasteiger partial charge in [-0.3, -0.25) is 9.36 Å². The number of nitrogens with zero attached hydrogens (tertiary/aromatic N) is 2. The monoisotopic (exact) mass is 226 g/mol. The van der Waals surface area contributed by atoms with Crippen molar-refractivity contribution in [3.63, 3.8) is 0 Å². The molecule has 1 aromatic carbocycles. The summed E-state index contributed by atoms with van der Waals surface area (Å²) in [5.41, 5.74) is 1.26. The second kappa shape index (κ2) is 4.78. The van der Waals surface area contributed by atoms with Gasteiger partial charge in [-0.15, -0.1) is 0 Å². The van der Waals surface area contributed by atoms with E-state index in [1.807, 2.05) is 37.3 Å². The molecule has 0 N–H and O–H groups in total. The summed E-state index contributed by atoms with van der Waals surface area (Å²) in [5, 5.41) is 0.612. The van der Waals surface area contributed by atoms with Crippen molar-refractivity contribution in [2.24, 2.45) is 0 Å². The molecule has 0 fully saturated rings. The first-order valence-electron chi connectivity index (χ1n) is 5.56. The van der Waals surface area contributed by atoms with Crippen molar-refractivity contribution in [3.8, 4) is 0 Å². The highest BCUT2D eigenvalue weighted by atomic mass is 16.1. The molecule has 3 nitrogen and oxygen atoms in total. The van der Waals surface area contributed by atoms with Gasteiger partial charge in [0.1, 0.15) is 6.33 Å². The van der Waals surface area contributed by atoms with E-state index in [0.29, 0.717) is 16.6 Å². The van der Waals surface area contributed by atoms with Gasteiger partial charge < -0.3 is 0 Å². The average molecular weight is 226 g/mol. The fourth-order valence-corrected chi connectivity index (χ4v) is 1.61. The minimum absolute atomic E-state index is 0.0821. The van der Waals surface area contributed by atoms with Crippen molar-refractivity contribution in [1.82, 2.24) is 9.55 Å². The molecule has 86 valence electrons. The lowest BCUT2D eigenvalue weighted by Gasteiger charge is -2.05. The predicted molar refractivity (Wildman–Crippen MR) is 70.8 cm³/mol. The van der Waals surface area contributed by atoms with Crippen molar-refractivity contribution >= 4 is 16.6 Å². The van der Waals surface area contributed by atoms with E-state index in [1.165, 1.54) is 10.9 Å². The molecule has 0 amide bonds. The number of hydrogen-bond donors (Lipinski definition) is 0. The molecule has 0 aliphatic rings. The summed E-state index contributed by atoms with van der Waals surface area (Å²) in [7, 11) is 0. The molecule has 2 rings (SSSR count). The number of fused-ring (bicyclic) bond motifs is 1. The number of para-hydroxylation sites is 1. The van der Waals surface area contributed by atoms with Gasteiger partial charge in [-0.2, -0.15) is 0 Å². The first-order chi connectivity index (χ1) is 8.24. The number of allylic oxidation sites excluding steroid dienone is 3. The van der Waals surface area contributed by atoms with Crippen LogP contribution in [0.4, 0.5) is 0 Å². The Labute approximate surface area is 99.7 Å². The summed E-state index contributed by atoms with van der Waals surface area (Å²) in [6.45, 7) is 5.90. The van der Waals surface area contributed by atoms with Crippen LogP contribution in [0.3, 0.4) is 0 Å². The van der Waals surface area contributed by atoms with E-state index in [9.17, 15) is 4.79 Å². The maximum absolute atomic E-state index is 12.2. The molecule has 0 atom stereocenters. The Morgan fingerprint density at radius 2 is 2.24 bits per heavy atom. The molecule has 3 heteroatoms.